The van der Waals surface area contributed by atoms with Gasteiger partial charge < -0.3 is 9.97 Å². The van der Waals surface area contributed by atoms with E-state index in [1.165, 1.54) is 32.9 Å². The zero-order valence-electron chi connectivity index (χ0n) is 10.8. The number of hydrogen-bond donors (Lipinski definition) is 2. The molecule has 2 N–H and O–H groups in total. The van der Waals surface area contributed by atoms with E-state index in [2.05, 4.69) is 80.8 Å². The number of benzene rings is 2. The van der Waals surface area contributed by atoms with Gasteiger partial charge in [-0.25, -0.2) is 0 Å². The van der Waals surface area contributed by atoms with Crippen molar-refractivity contribution in [3.63, 3.8) is 0 Å². The summed E-state index contributed by atoms with van der Waals surface area (Å²) in [5.74, 6) is 0. The summed E-state index contributed by atoms with van der Waals surface area (Å²) in [4.78, 5) is 6.69. The Balaban J connectivity index is 1.82. The highest BCUT2D eigenvalue weighted by molar-refractivity contribution is 9.10. The first-order valence-electron chi connectivity index (χ1n) is 6.62. The minimum atomic E-state index is 0.931. The molecule has 0 radical (unpaired) electrons. The van der Waals surface area contributed by atoms with Gasteiger partial charge in [0.2, 0.25) is 0 Å². The summed E-state index contributed by atoms with van der Waals surface area (Å²) in [6, 6.07) is 14.8. The summed E-state index contributed by atoms with van der Waals surface area (Å²) in [5.41, 5.74) is 5.04. The van der Waals surface area contributed by atoms with Crippen molar-refractivity contribution in [3.8, 4) is 0 Å². The third-order valence-corrected chi connectivity index (χ3v) is 4.28. The van der Waals surface area contributed by atoms with Crippen molar-refractivity contribution in [2.45, 2.75) is 6.42 Å². The minimum Gasteiger partial charge on any atom is -0.361 e. The minimum absolute atomic E-state index is 0.931. The van der Waals surface area contributed by atoms with Gasteiger partial charge in [0.25, 0.3) is 0 Å². The van der Waals surface area contributed by atoms with Crippen molar-refractivity contribution in [2.75, 3.05) is 0 Å². The molecule has 0 aliphatic heterocycles. The van der Waals surface area contributed by atoms with E-state index in [4.69, 9.17) is 0 Å². The molecule has 2 aromatic heterocycles. The summed E-state index contributed by atoms with van der Waals surface area (Å²) >= 11 is 3.55. The van der Waals surface area contributed by atoms with Crippen LogP contribution in [0.4, 0.5) is 0 Å². The van der Waals surface area contributed by atoms with Crippen LogP contribution in [0.25, 0.3) is 21.8 Å². The number of H-pyrrole nitrogens is 2. The molecule has 0 saturated heterocycles. The second-order valence-electron chi connectivity index (χ2n) is 5.04. The summed E-state index contributed by atoms with van der Waals surface area (Å²) in [6.07, 6.45) is 5.15. The Morgan fingerprint density at radius 1 is 0.800 bits per heavy atom. The summed E-state index contributed by atoms with van der Waals surface area (Å²) < 4.78 is 1.12. The van der Waals surface area contributed by atoms with Crippen molar-refractivity contribution in [2.24, 2.45) is 0 Å². The Morgan fingerprint density at radius 2 is 1.50 bits per heavy atom. The van der Waals surface area contributed by atoms with E-state index < -0.39 is 0 Å². The summed E-state index contributed by atoms with van der Waals surface area (Å²) in [5, 5.41) is 2.58. The zero-order chi connectivity index (χ0) is 13.5. The van der Waals surface area contributed by atoms with Crippen LogP contribution in [0.3, 0.4) is 0 Å². The second-order valence-corrected chi connectivity index (χ2v) is 5.96. The van der Waals surface area contributed by atoms with Crippen LogP contribution in [-0.4, -0.2) is 9.97 Å². The third-order valence-electron chi connectivity index (χ3n) is 3.79. The molecular weight excluding hydrogens is 312 g/mol. The molecule has 2 nitrogen and oxygen atoms in total. The van der Waals surface area contributed by atoms with Gasteiger partial charge in [0.1, 0.15) is 0 Å². The lowest BCUT2D eigenvalue weighted by molar-refractivity contribution is 1.22. The Morgan fingerprint density at radius 3 is 2.35 bits per heavy atom. The van der Waals surface area contributed by atoms with Crippen molar-refractivity contribution in [3.05, 3.63) is 70.5 Å². The first-order valence-corrected chi connectivity index (χ1v) is 7.41. The Bertz CT molecular complexity index is 902. The lowest BCUT2D eigenvalue weighted by Gasteiger charge is -1.99. The Labute approximate surface area is 125 Å². The summed E-state index contributed by atoms with van der Waals surface area (Å²) in [7, 11) is 0. The molecule has 2 aromatic carbocycles. The van der Waals surface area contributed by atoms with E-state index >= 15 is 0 Å². The van der Waals surface area contributed by atoms with E-state index in [0.29, 0.717) is 0 Å². The highest BCUT2D eigenvalue weighted by Crippen LogP contribution is 2.27. The maximum absolute atomic E-state index is 3.55. The maximum atomic E-state index is 3.55. The fraction of sp³-hybridized carbons (Fsp3) is 0.0588. The van der Waals surface area contributed by atoms with Crippen LogP contribution in [0.2, 0.25) is 0 Å². The normalized spacial score (nSPS) is 11.4. The molecule has 4 aromatic rings. The summed E-state index contributed by atoms with van der Waals surface area (Å²) in [6.45, 7) is 0. The predicted octanol–water partition coefficient (Wildman–Crippen LogP) is 5.00. The molecule has 0 fully saturated rings. The van der Waals surface area contributed by atoms with Crippen LogP contribution < -0.4 is 0 Å². The van der Waals surface area contributed by atoms with Gasteiger partial charge >= 0.3 is 0 Å². The molecule has 98 valence electrons. The highest BCUT2D eigenvalue weighted by atomic mass is 79.9. The molecule has 0 aliphatic rings. The van der Waals surface area contributed by atoms with E-state index in [0.717, 1.165) is 10.9 Å². The van der Waals surface area contributed by atoms with Crippen LogP contribution in [0.1, 0.15) is 11.1 Å². The molecule has 0 atom stereocenters. The number of hydrogen-bond acceptors (Lipinski definition) is 0. The van der Waals surface area contributed by atoms with E-state index in [-0.39, 0.29) is 0 Å². The average Bonchev–Trinajstić information content (AvgIpc) is 3.05. The molecule has 0 unspecified atom stereocenters. The van der Waals surface area contributed by atoms with Crippen molar-refractivity contribution in [1.29, 1.82) is 0 Å². The first-order chi connectivity index (χ1) is 9.81. The SMILES string of the molecule is Brc1ccc2[nH]cc(Cc3c[nH]c4ccccc34)c2c1. The zero-order valence-corrected chi connectivity index (χ0v) is 12.4. The van der Waals surface area contributed by atoms with Gasteiger partial charge in [0.15, 0.2) is 0 Å². The van der Waals surface area contributed by atoms with Gasteiger partial charge in [-0.15, -0.1) is 0 Å². The number of nitrogens with one attached hydrogen (secondary N) is 2. The number of para-hydroxylation sites is 1. The molecule has 3 heteroatoms. The fourth-order valence-electron chi connectivity index (χ4n) is 2.78. The molecule has 0 amide bonds. The quantitative estimate of drug-likeness (QED) is 0.520. The average molecular weight is 325 g/mol. The van der Waals surface area contributed by atoms with E-state index in [9.17, 15) is 0 Å². The number of halogens is 1. The van der Waals surface area contributed by atoms with E-state index in [1.807, 2.05) is 0 Å². The molecule has 20 heavy (non-hydrogen) atoms. The smallest absolute Gasteiger partial charge is 0.0457 e. The van der Waals surface area contributed by atoms with Gasteiger partial charge in [0, 0.05) is 45.1 Å². The molecule has 0 bridgehead atoms. The van der Waals surface area contributed by atoms with Crippen molar-refractivity contribution >= 4 is 37.7 Å². The molecule has 0 spiro atoms. The monoisotopic (exact) mass is 324 g/mol. The lowest BCUT2D eigenvalue weighted by Crippen LogP contribution is -1.84. The van der Waals surface area contributed by atoms with Crippen LogP contribution in [0, 0.1) is 0 Å². The van der Waals surface area contributed by atoms with Gasteiger partial charge in [-0.1, -0.05) is 34.1 Å². The Kier molecular flexibility index (Phi) is 2.67. The van der Waals surface area contributed by atoms with Gasteiger partial charge in [-0.3, -0.25) is 0 Å². The molecular formula is C17H13BrN2. The number of aromatic nitrogens is 2. The topological polar surface area (TPSA) is 31.6 Å². The second kappa shape index (κ2) is 4.53. The lowest BCUT2D eigenvalue weighted by atomic mass is 10.0. The van der Waals surface area contributed by atoms with Gasteiger partial charge in [-0.2, -0.15) is 0 Å². The van der Waals surface area contributed by atoms with Crippen LogP contribution in [0.15, 0.2) is 59.3 Å². The highest BCUT2D eigenvalue weighted by Gasteiger charge is 2.08. The Hall–Kier alpha value is -2.00. The molecule has 2 heterocycles. The number of fused-ring (bicyclic) bond motifs is 2. The van der Waals surface area contributed by atoms with Crippen LogP contribution in [-0.2, 0) is 6.42 Å². The van der Waals surface area contributed by atoms with Gasteiger partial charge in [-0.05, 0) is 35.4 Å². The van der Waals surface area contributed by atoms with Crippen molar-refractivity contribution < 1.29 is 0 Å². The van der Waals surface area contributed by atoms with Crippen LogP contribution >= 0.6 is 15.9 Å². The molecule has 4 rings (SSSR count). The predicted molar refractivity (Wildman–Crippen MR) is 87.1 cm³/mol. The third kappa shape index (κ3) is 1.86. The maximum Gasteiger partial charge on any atom is 0.0457 e. The largest absolute Gasteiger partial charge is 0.361 e. The number of aromatic amines is 2. The van der Waals surface area contributed by atoms with Crippen LogP contribution in [0.5, 0.6) is 0 Å². The van der Waals surface area contributed by atoms with Crippen molar-refractivity contribution in [1.82, 2.24) is 9.97 Å². The first kappa shape index (κ1) is 11.8. The molecule has 0 saturated carbocycles. The van der Waals surface area contributed by atoms with E-state index in [1.54, 1.807) is 0 Å². The standard InChI is InChI=1S/C17H13BrN2/c18-13-5-6-17-15(8-13)12(10-20-17)7-11-9-19-16-4-2-1-3-14(11)16/h1-6,8-10,19-20H,7H2. The number of rotatable bonds is 2. The fourth-order valence-corrected chi connectivity index (χ4v) is 3.14. The molecule has 0 aliphatic carbocycles. The van der Waals surface area contributed by atoms with Gasteiger partial charge in [0.05, 0.1) is 0 Å².